The average molecular weight is 406 g/mol. The Kier molecular flexibility index (Phi) is 5.69. The molecule has 0 saturated carbocycles. The first kappa shape index (κ1) is 19.5. The predicted molar refractivity (Wildman–Crippen MR) is 99.5 cm³/mol. The zero-order chi connectivity index (χ0) is 20.1. The van der Waals surface area contributed by atoms with Crippen molar-refractivity contribution in [3.63, 3.8) is 0 Å². The molecule has 0 bridgehead atoms. The minimum atomic E-state index is -4.04. The van der Waals surface area contributed by atoms with Gasteiger partial charge in [0.2, 0.25) is 5.88 Å². The fraction of sp³-hybridized carbons (Fsp3) is 0.111. The van der Waals surface area contributed by atoms with E-state index in [2.05, 4.69) is 20.0 Å². The Bertz CT molecular complexity index is 1060. The highest BCUT2D eigenvalue weighted by molar-refractivity contribution is 7.92. The first-order valence-electron chi connectivity index (χ1n) is 8.04. The second-order valence-electron chi connectivity index (χ2n) is 5.67. The van der Waals surface area contributed by atoms with E-state index < -0.39 is 21.7 Å². The van der Waals surface area contributed by atoms with Crippen molar-refractivity contribution < 1.29 is 21.9 Å². The van der Waals surface area contributed by atoms with E-state index >= 15 is 0 Å². The highest BCUT2D eigenvalue weighted by Gasteiger charge is 2.16. The first-order valence-corrected chi connectivity index (χ1v) is 9.52. The van der Waals surface area contributed by atoms with Crippen molar-refractivity contribution in [2.45, 2.75) is 11.4 Å². The topological polar surface area (TPSA) is 93.2 Å². The summed E-state index contributed by atoms with van der Waals surface area (Å²) in [6.45, 7) is 0.372. The molecule has 0 aliphatic carbocycles. The number of benzene rings is 1. The van der Waals surface area contributed by atoms with Gasteiger partial charge in [0.15, 0.2) is 0 Å². The average Bonchev–Trinajstić information content (AvgIpc) is 2.65. The van der Waals surface area contributed by atoms with Crippen molar-refractivity contribution in [2.24, 2.45) is 0 Å². The summed E-state index contributed by atoms with van der Waals surface area (Å²) >= 11 is 0. The molecule has 0 saturated heterocycles. The van der Waals surface area contributed by atoms with Crippen LogP contribution >= 0.6 is 0 Å². The molecule has 0 fully saturated rings. The largest absolute Gasteiger partial charge is 0.481 e. The molecule has 0 spiro atoms. The standard InChI is InChI=1S/C18H16F2N4O3S/c1-27-18-12(3-2-6-21-18)10-22-17-5-4-16(11-23-17)28(25,26)24-15-8-13(19)7-14(20)9-15/h2-9,11,24H,10H2,1H3,(H,22,23). The number of pyridine rings is 2. The van der Waals surface area contributed by atoms with Crippen molar-refractivity contribution in [3.8, 4) is 5.88 Å². The van der Waals surface area contributed by atoms with Gasteiger partial charge in [0, 0.05) is 30.6 Å². The number of nitrogens with zero attached hydrogens (tertiary/aromatic N) is 2. The quantitative estimate of drug-likeness (QED) is 0.626. The summed E-state index contributed by atoms with van der Waals surface area (Å²) in [5.74, 6) is -0.871. The Morgan fingerprint density at radius 2 is 1.82 bits per heavy atom. The van der Waals surface area contributed by atoms with Gasteiger partial charge in [-0.3, -0.25) is 4.72 Å². The van der Waals surface area contributed by atoms with Gasteiger partial charge in [-0.2, -0.15) is 0 Å². The first-order chi connectivity index (χ1) is 13.4. The monoisotopic (exact) mass is 406 g/mol. The van der Waals surface area contributed by atoms with Gasteiger partial charge in [-0.1, -0.05) is 6.07 Å². The number of hydrogen-bond acceptors (Lipinski definition) is 6. The smallest absolute Gasteiger partial charge is 0.263 e. The lowest BCUT2D eigenvalue weighted by Gasteiger charge is -2.10. The lowest BCUT2D eigenvalue weighted by Crippen LogP contribution is -2.14. The van der Waals surface area contributed by atoms with Crippen LogP contribution in [0.1, 0.15) is 5.56 Å². The molecule has 2 heterocycles. The Morgan fingerprint density at radius 3 is 2.46 bits per heavy atom. The van der Waals surface area contributed by atoms with Crippen molar-refractivity contribution in [2.75, 3.05) is 17.1 Å². The van der Waals surface area contributed by atoms with Crippen molar-refractivity contribution in [3.05, 3.63) is 72.1 Å². The summed E-state index contributed by atoms with van der Waals surface area (Å²) in [4.78, 5) is 7.99. The molecule has 28 heavy (non-hydrogen) atoms. The van der Waals surface area contributed by atoms with Crippen LogP contribution in [0.3, 0.4) is 0 Å². The second kappa shape index (κ2) is 8.17. The molecule has 146 valence electrons. The number of ether oxygens (including phenoxy) is 1. The van der Waals surface area contributed by atoms with E-state index in [9.17, 15) is 17.2 Å². The van der Waals surface area contributed by atoms with E-state index in [-0.39, 0.29) is 10.6 Å². The van der Waals surface area contributed by atoms with Gasteiger partial charge in [-0.25, -0.2) is 27.2 Å². The van der Waals surface area contributed by atoms with E-state index in [4.69, 9.17) is 4.74 Å². The molecule has 0 radical (unpaired) electrons. The second-order valence-corrected chi connectivity index (χ2v) is 7.35. The fourth-order valence-corrected chi connectivity index (χ4v) is 3.38. The van der Waals surface area contributed by atoms with Gasteiger partial charge in [-0.15, -0.1) is 0 Å². The summed E-state index contributed by atoms with van der Waals surface area (Å²) < 4.78 is 58.4. The minimum Gasteiger partial charge on any atom is -0.481 e. The molecular formula is C18H16F2N4O3S. The highest BCUT2D eigenvalue weighted by Crippen LogP contribution is 2.20. The van der Waals surface area contributed by atoms with Crippen LogP contribution in [0.5, 0.6) is 5.88 Å². The minimum absolute atomic E-state index is 0.151. The normalized spacial score (nSPS) is 11.1. The van der Waals surface area contributed by atoms with Crippen molar-refractivity contribution in [1.29, 1.82) is 0 Å². The number of nitrogens with one attached hydrogen (secondary N) is 2. The van der Waals surface area contributed by atoms with Crippen LogP contribution in [-0.2, 0) is 16.6 Å². The van der Waals surface area contributed by atoms with E-state index in [1.165, 1.54) is 19.2 Å². The van der Waals surface area contributed by atoms with Crippen LogP contribution in [0.2, 0.25) is 0 Å². The van der Waals surface area contributed by atoms with Gasteiger partial charge < -0.3 is 10.1 Å². The van der Waals surface area contributed by atoms with Gasteiger partial charge in [0.05, 0.1) is 12.8 Å². The maximum Gasteiger partial charge on any atom is 0.263 e. The summed E-state index contributed by atoms with van der Waals surface area (Å²) in [5, 5.41) is 3.03. The zero-order valence-corrected chi connectivity index (χ0v) is 15.5. The van der Waals surface area contributed by atoms with E-state index in [1.54, 1.807) is 12.3 Å². The van der Waals surface area contributed by atoms with Crippen molar-refractivity contribution in [1.82, 2.24) is 9.97 Å². The molecule has 0 aliphatic rings. The Balaban J connectivity index is 1.70. The molecule has 2 aromatic heterocycles. The van der Waals surface area contributed by atoms with Crippen molar-refractivity contribution >= 4 is 21.5 Å². The Morgan fingerprint density at radius 1 is 1.07 bits per heavy atom. The third-order valence-electron chi connectivity index (χ3n) is 3.66. The third-order valence-corrected chi connectivity index (χ3v) is 5.03. The summed E-state index contributed by atoms with van der Waals surface area (Å²) in [7, 11) is -2.53. The Hall–Kier alpha value is -3.27. The van der Waals surface area contributed by atoms with Gasteiger partial charge in [-0.05, 0) is 30.3 Å². The number of halogens is 2. The van der Waals surface area contributed by atoms with Crippen LogP contribution in [0.25, 0.3) is 0 Å². The molecule has 0 aliphatic heterocycles. The molecule has 3 rings (SSSR count). The molecule has 0 unspecified atom stereocenters. The number of anilines is 2. The molecule has 1 aromatic carbocycles. The molecule has 0 amide bonds. The van der Waals surface area contributed by atoms with Crippen LogP contribution in [-0.4, -0.2) is 25.5 Å². The predicted octanol–water partition coefficient (Wildman–Crippen LogP) is 3.18. The summed E-state index contributed by atoms with van der Waals surface area (Å²) in [6.07, 6.45) is 2.75. The lowest BCUT2D eigenvalue weighted by molar-refractivity contribution is 0.393. The van der Waals surface area contributed by atoms with Gasteiger partial charge in [0.25, 0.3) is 10.0 Å². The Labute approximate surface area is 160 Å². The number of methoxy groups -OCH3 is 1. The van der Waals surface area contributed by atoms with E-state index in [1.807, 2.05) is 6.07 Å². The number of rotatable bonds is 7. The maximum atomic E-state index is 13.2. The van der Waals surface area contributed by atoms with Gasteiger partial charge in [0.1, 0.15) is 22.3 Å². The lowest BCUT2D eigenvalue weighted by atomic mass is 10.2. The van der Waals surface area contributed by atoms with E-state index in [0.29, 0.717) is 24.3 Å². The van der Waals surface area contributed by atoms with Gasteiger partial charge >= 0.3 is 0 Å². The fourth-order valence-electron chi connectivity index (χ4n) is 2.40. The molecule has 0 atom stereocenters. The maximum absolute atomic E-state index is 13.2. The number of sulfonamides is 1. The van der Waals surface area contributed by atoms with Crippen LogP contribution in [0.4, 0.5) is 20.3 Å². The molecular weight excluding hydrogens is 390 g/mol. The summed E-state index contributed by atoms with van der Waals surface area (Å²) in [6, 6.07) is 8.81. The van der Waals surface area contributed by atoms with Crippen LogP contribution in [0.15, 0.2) is 59.8 Å². The van der Waals surface area contributed by atoms with Crippen LogP contribution < -0.4 is 14.8 Å². The van der Waals surface area contributed by atoms with Crippen LogP contribution in [0, 0.1) is 11.6 Å². The third kappa shape index (κ3) is 4.71. The van der Waals surface area contributed by atoms with E-state index in [0.717, 1.165) is 23.9 Å². The molecule has 2 N–H and O–H groups in total. The SMILES string of the molecule is COc1ncccc1CNc1ccc(S(=O)(=O)Nc2cc(F)cc(F)c2)cn1. The highest BCUT2D eigenvalue weighted by atomic mass is 32.2. The molecule has 10 heteroatoms. The zero-order valence-electron chi connectivity index (χ0n) is 14.7. The number of aromatic nitrogens is 2. The number of hydrogen-bond donors (Lipinski definition) is 2. The molecule has 3 aromatic rings. The molecule has 7 nitrogen and oxygen atoms in total. The summed E-state index contributed by atoms with van der Waals surface area (Å²) in [5.41, 5.74) is 0.585.